The zero-order valence-corrected chi connectivity index (χ0v) is 37.4. The molecule has 0 unspecified atom stereocenters. The first kappa shape index (κ1) is 41.5. The third kappa shape index (κ3) is 10.9. The molecule has 0 nitrogen and oxygen atoms in total. The molecule has 1 aliphatic carbocycles. The van der Waals surface area contributed by atoms with Crippen LogP contribution in [0.25, 0.3) is 43.8 Å². The summed E-state index contributed by atoms with van der Waals surface area (Å²) in [4.78, 5) is 0. The average molecular weight is 811 g/mol. The van der Waals surface area contributed by atoms with Crippen molar-refractivity contribution in [2.45, 2.75) is 111 Å². The summed E-state index contributed by atoms with van der Waals surface area (Å²) >= 11 is -0.826. The molecule has 266 valence electrons. The van der Waals surface area contributed by atoms with Crippen LogP contribution in [0.5, 0.6) is 0 Å². The standard InChI is InChI=1S/C24H27.C21H23.C2H6Si.2ClH.Zr/c1-24(2,3)21-13-11-18(12-14-21)22-10-6-9-19-15-20(16-23(19)22)17-7-4-5-8-17;1-14-12-19-15(2)6-11-18(20(19)13-14)16-7-9-17(10-8-16)21(3,4)5;1-3-2;;;/h6,9-17H,4-5,7-8H2,1-3H3;6-13H,1-5H3;1-2H3;2*1H;/q2*-1;;;;+4/p-2. The van der Waals surface area contributed by atoms with Crippen LogP contribution in [-0.4, -0.2) is 9.52 Å². The van der Waals surface area contributed by atoms with Crippen LogP contribution in [0, 0.1) is 13.8 Å². The summed E-state index contributed by atoms with van der Waals surface area (Å²) in [5, 5.41) is 5.57. The zero-order chi connectivity index (χ0) is 37.3. The molecule has 0 spiro atoms. The van der Waals surface area contributed by atoms with Crippen LogP contribution in [-0.2, 0) is 31.7 Å². The summed E-state index contributed by atoms with van der Waals surface area (Å²) < 4.78 is 0. The van der Waals surface area contributed by atoms with Crippen molar-refractivity contribution in [3.05, 3.63) is 131 Å². The van der Waals surface area contributed by atoms with Gasteiger partial charge >= 0.3 is 37.9 Å². The SMILES string of the molecule is CC(C)(C)c1ccc(-c2cccc3[cH-]c(C4CCCC4)cc23)cc1.C[Si]C.Cc1cc2c(-c3ccc(C(C)(C)C)cc3)ccc(C)c2[cH-]1.[Cl][Zr+2][Cl]. The Kier molecular flexibility index (Phi) is 15.2. The Morgan fingerprint density at radius 2 is 1.14 bits per heavy atom. The van der Waals surface area contributed by atoms with Crippen molar-refractivity contribution in [1.29, 1.82) is 0 Å². The van der Waals surface area contributed by atoms with Crippen LogP contribution in [0.3, 0.4) is 0 Å². The number of rotatable bonds is 3. The van der Waals surface area contributed by atoms with E-state index in [0.717, 1.165) is 15.4 Å². The zero-order valence-electron chi connectivity index (χ0n) is 32.5. The molecule has 0 bridgehead atoms. The molecular weight excluding hydrogens is 755 g/mol. The molecule has 0 N–H and O–H groups in total. The summed E-state index contributed by atoms with van der Waals surface area (Å²) in [5.74, 6) is 0.786. The van der Waals surface area contributed by atoms with Crippen LogP contribution in [0.2, 0.25) is 13.1 Å². The van der Waals surface area contributed by atoms with Crippen LogP contribution in [0.15, 0.2) is 103 Å². The predicted octanol–water partition coefficient (Wildman–Crippen LogP) is 15.5. The van der Waals surface area contributed by atoms with E-state index < -0.39 is 20.8 Å². The molecule has 4 heteroatoms. The van der Waals surface area contributed by atoms with Gasteiger partial charge in [0.15, 0.2) is 0 Å². The summed E-state index contributed by atoms with van der Waals surface area (Å²) in [7, 11) is 11.0. The second kappa shape index (κ2) is 18.7. The van der Waals surface area contributed by atoms with E-state index in [4.69, 9.17) is 17.0 Å². The Balaban J connectivity index is 0.000000200. The third-order valence-electron chi connectivity index (χ3n) is 9.97. The van der Waals surface area contributed by atoms with E-state index in [0.29, 0.717) is 0 Å². The first-order chi connectivity index (χ1) is 24.2. The molecule has 0 saturated heterocycles. The van der Waals surface area contributed by atoms with Gasteiger partial charge in [-0.25, -0.2) is 0 Å². The van der Waals surface area contributed by atoms with Gasteiger partial charge < -0.3 is 0 Å². The summed E-state index contributed by atoms with van der Waals surface area (Å²) in [6.45, 7) is 22.3. The van der Waals surface area contributed by atoms with Crippen LogP contribution < -0.4 is 0 Å². The molecule has 0 atom stereocenters. The monoisotopic (exact) mass is 808 g/mol. The van der Waals surface area contributed by atoms with E-state index in [2.05, 4.69) is 172 Å². The molecule has 1 aliphatic rings. The first-order valence-electron chi connectivity index (χ1n) is 18.3. The van der Waals surface area contributed by atoms with Gasteiger partial charge in [-0.3, -0.25) is 0 Å². The van der Waals surface area contributed by atoms with Crippen molar-refractivity contribution < 1.29 is 20.8 Å². The van der Waals surface area contributed by atoms with Gasteiger partial charge in [-0.05, 0) is 51.8 Å². The Morgan fingerprint density at radius 1 is 0.647 bits per heavy atom. The Morgan fingerprint density at radius 3 is 1.63 bits per heavy atom. The second-order valence-electron chi connectivity index (χ2n) is 16.1. The van der Waals surface area contributed by atoms with Gasteiger partial charge in [-0.2, -0.15) is 12.1 Å². The molecule has 7 rings (SSSR count). The van der Waals surface area contributed by atoms with Crippen molar-refractivity contribution in [3.63, 3.8) is 0 Å². The number of hydrogen-bond donors (Lipinski definition) is 0. The molecule has 0 amide bonds. The Labute approximate surface area is 330 Å². The fourth-order valence-electron chi connectivity index (χ4n) is 7.15. The van der Waals surface area contributed by atoms with E-state index in [1.54, 1.807) is 5.56 Å². The number of fused-ring (bicyclic) bond motifs is 2. The van der Waals surface area contributed by atoms with Gasteiger partial charge in [0.05, 0.1) is 0 Å². The third-order valence-corrected chi connectivity index (χ3v) is 9.97. The van der Waals surface area contributed by atoms with Crippen molar-refractivity contribution in [2.75, 3.05) is 0 Å². The molecule has 1 fully saturated rings. The normalized spacial score (nSPS) is 13.1. The van der Waals surface area contributed by atoms with Crippen LogP contribution in [0.4, 0.5) is 0 Å². The second-order valence-corrected chi connectivity index (χ2v) is 20.8. The van der Waals surface area contributed by atoms with E-state index in [-0.39, 0.29) is 10.8 Å². The van der Waals surface area contributed by atoms with Crippen molar-refractivity contribution in [1.82, 2.24) is 0 Å². The number of hydrogen-bond acceptors (Lipinski definition) is 0. The molecule has 51 heavy (non-hydrogen) atoms. The number of halogens is 2. The van der Waals surface area contributed by atoms with Crippen molar-refractivity contribution in [2.24, 2.45) is 0 Å². The van der Waals surface area contributed by atoms with Crippen molar-refractivity contribution >= 4 is 48.1 Å². The molecule has 0 heterocycles. The molecule has 0 aromatic heterocycles. The Bertz CT molecular complexity index is 1960. The molecule has 6 aromatic carbocycles. The minimum absolute atomic E-state index is 0.206. The molecule has 0 aliphatic heterocycles. The molecule has 2 radical (unpaired) electrons. The summed E-state index contributed by atoms with van der Waals surface area (Å²) in [6.07, 6.45) is 5.53. The van der Waals surface area contributed by atoms with Gasteiger partial charge in [0.1, 0.15) is 0 Å². The summed E-state index contributed by atoms with van der Waals surface area (Å²) in [6, 6.07) is 38.9. The predicted molar refractivity (Wildman–Crippen MR) is 227 cm³/mol. The quantitative estimate of drug-likeness (QED) is 0.123. The summed E-state index contributed by atoms with van der Waals surface area (Å²) in [5.41, 5.74) is 12.8. The average Bonchev–Trinajstić information content (AvgIpc) is 3.85. The topological polar surface area (TPSA) is 0 Å². The van der Waals surface area contributed by atoms with E-state index in [1.165, 1.54) is 91.7 Å². The van der Waals surface area contributed by atoms with Gasteiger partial charge in [0.2, 0.25) is 0 Å². The Hall–Kier alpha value is -2.22. The number of benzene rings is 4. The van der Waals surface area contributed by atoms with Gasteiger partial charge in [-0.1, -0.05) is 153 Å². The fraction of sp³-hybridized carbons (Fsp3) is 0.362. The molecule has 1 saturated carbocycles. The van der Waals surface area contributed by atoms with Gasteiger partial charge in [0.25, 0.3) is 0 Å². The minimum atomic E-state index is -0.826. The van der Waals surface area contributed by atoms with Gasteiger partial charge in [-0.15, -0.1) is 68.6 Å². The van der Waals surface area contributed by atoms with Gasteiger partial charge in [0, 0.05) is 9.52 Å². The van der Waals surface area contributed by atoms with E-state index in [1.807, 2.05) is 0 Å². The maximum absolute atomic E-state index is 4.93. The van der Waals surface area contributed by atoms with E-state index >= 15 is 0 Å². The van der Waals surface area contributed by atoms with E-state index in [9.17, 15) is 0 Å². The van der Waals surface area contributed by atoms with Crippen molar-refractivity contribution in [3.8, 4) is 22.3 Å². The maximum atomic E-state index is 4.93. The van der Waals surface area contributed by atoms with Crippen LogP contribution in [0.1, 0.15) is 101 Å². The fourth-order valence-corrected chi connectivity index (χ4v) is 7.15. The van der Waals surface area contributed by atoms with Crippen LogP contribution >= 0.6 is 17.0 Å². The first-order valence-corrected chi connectivity index (χ1v) is 26.7. The molecule has 6 aromatic rings. The molecular formula is C47H56Cl2SiZr. The number of aryl methyl sites for hydroxylation is 2.